The summed E-state index contributed by atoms with van der Waals surface area (Å²) < 4.78 is 18.6. The van der Waals surface area contributed by atoms with Gasteiger partial charge in [0.1, 0.15) is 57.6 Å². The second kappa shape index (κ2) is 31.4. The first kappa shape index (κ1) is 82.3. The zero-order chi connectivity index (χ0) is 62.2. The van der Waals surface area contributed by atoms with Crippen molar-refractivity contribution in [2.75, 3.05) is 19.7 Å². The number of nitrogens with zero attached hydrogens (tertiary/aromatic N) is 6. The van der Waals surface area contributed by atoms with Gasteiger partial charge >= 0.3 is 43.0 Å². The van der Waals surface area contributed by atoms with Crippen LogP contribution in [-0.4, -0.2) is 159 Å². The minimum absolute atomic E-state index is 0. The van der Waals surface area contributed by atoms with Gasteiger partial charge in [0.2, 0.25) is 23.6 Å². The summed E-state index contributed by atoms with van der Waals surface area (Å²) >= 11 is 0. The summed E-state index contributed by atoms with van der Waals surface area (Å²) in [6, 6.07) is 0.108. The molecular weight excluding hydrogens is 1280 g/mol. The number of hydrogen-bond donors (Lipinski definition) is 5. The number of alkyl carbamates (subject to hydrolysis) is 2. The van der Waals surface area contributed by atoms with E-state index in [1.807, 2.05) is 0 Å². The molecule has 474 valence electrons. The molecule has 0 spiro atoms. The van der Waals surface area contributed by atoms with Gasteiger partial charge in [-0.25, -0.2) is 41.5 Å². The molecule has 2 aliphatic carbocycles. The van der Waals surface area contributed by atoms with E-state index in [0.717, 1.165) is 0 Å². The van der Waals surface area contributed by atoms with Crippen LogP contribution in [0.15, 0.2) is 34.9 Å². The van der Waals surface area contributed by atoms with E-state index in [1.54, 1.807) is 124 Å². The van der Waals surface area contributed by atoms with E-state index in [0.29, 0.717) is 28.9 Å². The molecule has 4 heterocycles. The number of rotatable bonds is 15. The van der Waals surface area contributed by atoms with Gasteiger partial charge in [-0.1, -0.05) is 67.5 Å². The Labute approximate surface area is 571 Å². The maximum atomic E-state index is 14.2. The maximum absolute atomic E-state index is 14.2. The number of ether oxygens (including phenoxy) is 3. The summed E-state index contributed by atoms with van der Waals surface area (Å²) in [4.78, 5) is 135. The van der Waals surface area contributed by atoms with E-state index in [-0.39, 0.29) is 146 Å². The van der Waals surface area contributed by atoms with E-state index in [2.05, 4.69) is 56.8 Å². The Kier molecular flexibility index (Phi) is 29.7. The molecule has 87 heavy (non-hydrogen) atoms. The fourth-order valence-corrected chi connectivity index (χ4v) is 10.3. The van der Waals surface area contributed by atoms with Crippen LogP contribution in [0.3, 0.4) is 0 Å². The standard InChI is InChI=1S/C30H44N5O7.C28H40N5O7.Li.2H2O.2Y/c1-11-19-15-30(19,26(39)41-12-2)32-23(36)21-14-20(35-24(37)17(3)13-18(4)33-35)16-34(21)25(38)22(28(5,6)7)31-27(40)42-29(8,9)10;1-10-17-13-28(17,24(37)38)30-21(34)19-12-18(33-22(35)15(2)11-16(3)31-33)14-32(19)23(36)20(26(4,5)6)29-25(39)40-27(7,8)9;;;;;/h11,19-22H,1,12,14-16H2,2-10H3,(H,31,40)(H,32,36);10,17-20H,1,12-14H2,2-9H3,(H,29,39)(H,30,34)(H,37,38);;2*1H2;;/q2*-1;+1;;;;/p-1/t19-,20-,21+,22-,30-;17-,18-,19+,20-,28-;;;;;/m11...../s1. The fraction of sp³-hybridized carbons (Fsp3) is 0.655. The van der Waals surface area contributed by atoms with Gasteiger partial charge in [-0.05, 0) is 110 Å². The molecule has 2 radical (unpaired) electrons. The van der Waals surface area contributed by atoms with E-state index >= 15 is 0 Å². The van der Waals surface area contributed by atoms with Crippen LogP contribution >= 0.6 is 0 Å². The fourth-order valence-electron chi connectivity index (χ4n) is 10.3. The first-order chi connectivity index (χ1) is 37.6. The van der Waals surface area contributed by atoms with Crippen LogP contribution in [0.2, 0.25) is 0 Å². The van der Waals surface area contributed by atoms with E-state index < -0.39 is 129 Å². The van der Waals surface area contributed by atoms with Crippen LogP contribution in [0.1, 0.15) is 150 Å². The first-order valence-electron chi connectivity index (χ1n) is 27.5. The summed E-state index contributed by atoms with van der Waals surface area (Å²) in [6.07, 6.45) is 2.09. The van der Waals surface area contributed by atoms with Crippen LogP contribution < -0.4 is 51.2 Å². The Hall–Kier alpha value is -4.67. The molecule has 2 saturated carbocycles. The molecule has 2 aromatic heterocycles. The van der Waals surface area contributed by atoms with Gasteiger partial charge in [-0.2, -0.15) is 11.1 Å². The molecule has 4 aliphatic rings. The second-order valence-corrected chi connectivity index (χ2v) is 25.9. The molecule has 4 fully saturated rings. The largest absolute Gasteiger partial charge is 1.00 e. The number of aryl methyl sites for hydroxylation is 4. The molecule has 26 nitrogen and oxygen atoms in total. The zero-order valence-corrected chi connectivity index (χ0v) is 59.4. The van der Waals surface area contributed by atoms with Crippen LogP contribution in [0.4, 0.5) is 9.59 Å². The predicted octanol–water partition coefficient (Wildman–Crippen LogP) is 0.250. The van der Waals surface area contributed by atoms with Gasteiger partial charge in [-0.15, -0.1) is 13.2 Å². The van der Waals surface area contributed by atoms with Gasteiger partial charge < -0.3 is 80.3 Å². The quantitative estimate of drug-likeness (QED) is 0.0525. The molecule has 2 aliphatic heterocycles. The number of amides is 6. The molecule has 0 unspecified atom stereocenters. The van der Waals surface area contributed by atoms with Crippen LogP contribution in [-0.2, 0) is 108 Å². The third-order valence-corrected chi connectivity index (χ3v) is 14.6. The Bertz CT molecular complexity index is 3000. The van der Waals surface area contributed by atoms with Crippen molar-refractivity contribution in [2.24, 2.45) is 22.7 Å². The zero-order valence-electron chi connectivity index (χ0n) is 53.7. The number of nitrogens with one attached hydrogen (secondary N) is 4. The van der Waals surface area contributed by atoms with Crippen molar-refractivity contribution in [3.63, 3.8) is 0 Å². The summed E-state index contributed by atoms with van der Waals surface area (Å²) in [5.41, 5.74) is -5.06. The van der Waals surface area contributed by atoms with Crippen molar-refractivity contribution in [2.45, 2.75) is 202 Å². The first-order valence-corrected chi connectivity index (χ1v) is 27.5. The van der Waals surface area contributed by atoms with E-state index in [4.69, 9.17) is 14.2 Å². The van der Waals surface area contributed by atoms with E-state index in [9.17, 15) is 53.1 Å². The normalized spacial score (nSPS) is 23.3. The van der Waals surface area contributed by atoms with Crippen LogP contribution in [0.5, 0.6) is 0 Å². The number of carbonyl (C=O) groups is 8. The van der Waals surface area contributed by atoms with Crippen molar-refractivity contribution >= 4 is 47.8 Å². The molecule has 0 bridgehead atoms. The van der Waals surface area contributed by atoms with Crippen molar-refractivity contribution in [1.29, 1.82) is 0 Å². The molecule has 0 aromatic carbocycles. The Morgan fingerprint density at radius 2 is 0.989 bits per heavy atom. The summed E-state index contributed by atoms with van der Waals surface area (Å²) in [7, 11) is 0. The number of esters is 1. The number of carbonyl (C=O) groups excluding carboxylic acids is 7. The number of hydrogen-bond acceptors (Lipinski definition) is 16. The Balaban J connectivity index is 0.00000161. The van der Waals surface area contributed by atoms with Gasteiger partial charge in [0.05, 0.1) is 18.7 Å². The van der Waals surface area contributed by atoms with Gasteiger partial charge in [0, 0.05) is 90.3 Å². The third kappa shape index (κ3) is 19.9. The summed E-state index contributed by atoms with van der Waals surface area (Å²) in [5.74, 6) is -4.87. The molecule has 6 amide bonds. The molecule has 2 saturated heterocycles. The Morgan fingerprint density at radius 3 is 1.28 bits per heavy atom. The van der Waals surface area contributed by atoms with Gasteiger partial charge in [0.25, 0.3) is 0 Å². The SMILES string of the molecule is C=C[C@@H]1C[C@]1(NC(=O)[C@@H]1C[C@@H](n2nc(C)[c-]c(C)c2=O)CN1C(=O)[C@@H](NC(=O)OC(C)(C)C)C(C)(C)C)C(=O)O.C=C[C@@H]1C[C@]1(NC(=O)[C@@H]1C[C@@H](n2nc(C)[c-]c(C)c2=O)CN1C(=O)[C@@H](NC(=O)OC(C)(C)C)C(C)(C)C)C(=O)OCC.O.[Li+].[OH-].[Y].[Y]. The van der Waals surface area contributed by atoms with Crippen LogP contribution in [0, 0.1) is 62.5 Å². The van der Waals surface area contributed by atoms with E-state index in [1.165, 1.54) is 25.2 Å². The number of aromatic nitrogens is 4. The number of carboxylic acid groups (broad SMARTS) is 1. The molecule has 10 atom stereocenters. The molecule has 6 rings (SSSR count). The van der Waals surface area contributed by atoms with Crippen molar-refractivity contribution in [3.05, 3.63) is 80.7 Å². The average Bonchev–Trinajstić information content (AvgIpc) is 1.65. The van der Waals surface area contributed by atoms with Crippen molar-refractivity contribution < 1.29 is 153 Å². The Morgan fingerprint density at radius 1 is 0.655 bits per heavy atom. The summed E-state index contributed by atoms with van der Waals surface area (Å²) in [6.45, 7) is 36.7. The monoisotopic (exact) mass is 1360 g/mol. The topological polar surface area (TPSA) is 370 Å². The van der Waals surface area contributed by atoms with Gasteiger partial charge in [-0.3, -0.25) is 19.2 Å². The molecule has 8 N–H and O–H groups in total. The third-order valence-electron chi connectivity index (χ3n) is 14.6. The minimum atomic E-state index is -1.51. The smallest absolute Gasteiger partial charge is 0.870 e. The van der Waals surface area contributed by atoms with Crippen molar-refractivity contribution in [1.82, 2.24) is 50.6 Å². The molecule has 29 heteroatoms. The molecule has 2 aromatic rings. The second-order valence-electron chi connectivity index (χ2n) is 25.9. The van der Waals surface area contributed by atoms with Crippen molar-refractivity contribution in [3.8, 4) is 0 Å². The minimum Gasteiger partial charge on any atom is -0.870 e. The number of likely N-dealkylation sites (tertiary alicyclic amines) is 2. The number of aliphatic carboxylic acids is 1. The molecular formula is C58H87LiN10O16Y2-2. The van der Waals surface area contributed by atoms with Crippen LogP contribution in [0.25, 0.3) is 0 Å². The number of carboxylic acids is 1. The average molecular weight is 1370 g/mol. The maximum Gasteiger partial charge on any atom is 1.00 e. The summed E-state index contributed by atoms with van der Waals surface area (Å²) in [5, 5.41) is 29.3. The van der Waals surface area contributed by atoms with Gasteiger partial charge in [0.15, 0.2) is 0 Å². The predicted molar refractivity (Wildman–Crippen MR) is 305 cm³/mol.